The molecular weight excluding hydrogens is 400 g/mol. The van der Waals surface area contributed by atoms with E-state index in [9.17, 15) is 13.2 Å². The maximum atomic E-state index is 13.0. The highest BCUT2D eigenvalue weighted by atomic mass is 32.2. The standard InChI is InChI=1S/C22H24N4O3S/c1-18-4-10-21(11-5-18)30(28,29)25-14-3-13-24(16-17-25)22(27)19-6-8-20(9-7-19)26-15-2-12-23-26/h2,4-12,15H,3,13-14,16-17H2,1H3. The summed E-state index contributed by atoms with van der Waals surface area (Å²) in [6.45, 7) is 3.50. The number of aromatic nitrogens is 2. The molecule has 1 aliphatic heterocycles. The van der Waals surface area contributed by atoms with E-state index in [0.29, 0.717) is 36.5 Å². The fourth-order valence-electron chi connectivity index (χ4n) is 3.56. The van der Waals surface area contributed by atoms with Gasteiger partial charge in [-0.1, -0.05) is 17.7 Å². The predicted molar refractivity (Wildman–Crippen MR) is 114 cm³/mol. The van der Waals surface area contributed by atoms with Gasteiger partial charge in [-0.2, -0.15) is 9.40 Å². The molecule has 2 heterocycles. The highest BCUT2D eigenvalue weighted by Gasteiger charge is 2.28. The molecule has 1 aliphatic rings. The van der Waals surface area contributed by atoms with Crippen LogP contribution in [0.4, 0.5) is 0 Å². The van der Waals surface area contributed by atoms with Gasteiger partial charge < -0.3 is 4.90 Å². The predicted octanol–water partition coefficient (Wildman–Crippen LogP) is 2.72. The number of hydrogen-bond acceptors (Lipinski definition) is 4. The van der Waals surface area contributed by atoms with E-state index < -0.39 is 10.0 Å². The van der Waals surface area contributed by atoms with Crippen molar-refractivity contribution in [1.82, 2.24) is 19.0 Å². The van der Waals surface area contributed by atoms with Gasteiger partial charge in [-0.15, -0.1) is 0 Å². The second-order valence-electron chi connectivity index (χ2n) is 7.36. The Labute approximate surface area is 176 Å². The Bertz CT molecular complexity index is 1110. The molecule has 1 amide bonds. The van der Waals surface area contributed by atoms with E-state index in [0.717, 1.165) is 11.3 Å². The first-order valence-electron chi connectivity index (χ1n) is 9.91. The Morgan fingerprint density at radius 2 is 1.67 bits per heavy atom. The van der Waals surface area contributed by atoms with Crippen LogP contribution in [0.15, 0.2) is 71.9 Å². The number of carbonyl (C=O) groups is 1. The molecule has 0 spiro atoms. The molecule has 8 heteroatoms. The molecule has 0 radical (unpaired) electrons. The van der Waals surface area contributed by atoms with Crippen LogP contribution in [0.5, 0.6) is 0 Å². The van der Waals surface area contributed by atoms with Crippen LogP contribution >= 0.6 is 0 Å². The van der Waals surface area contributed by atoms with Crippen molar-refractivity contribution in [2.24, 2.45) is 0 Å². The zero-order chi connectivity index (χ0) is 21.1. The summed E-state index contributed by atoms with van der Waals surface area (Å²) in [4.78, 5) is 15.0. The van der Waals surface area contributed by atoms with Crippen molar-refractivity contribution in [1.29, 1.82) is 0 Å². The SMILES string of the molecule is Cc1ccc(S(=O)(=O)N2CCCN(C(=O)c3ccc(-n4cccn4)cc3)CC2)cc1. The number of carbonyl (C=O) groups excluding carboxylic acids is 1. The van der Waals surface area contributed by atoms with Gasteiger partial charge in [0.1, 0.15) is 0 Å². The molecule has 0 saturated carbocycles. The molecule has 7 nitrogen and oxygen atoms in total. The van der Waals surface area contributed by atoms with E-state index in [2.05, 4.69) is 5.10 Å². The zero-order valence-corrected chi connectivity index (χ0v) is 17.6. The van der Waals surface area contributed by atoms with Gasteiger partial charge in [0.25, 0.3) is 5.91 Å². The lowest BCUT2D eigenvalue weighted by Gasteiger charge is -2.22. The molecule has 1 aromatic heterocycles. The first-order valence-corrected chi connectivity index (χ1v) is 11.4. The molecule has 0 unspecified atom stereocenters. The minimum absolute atomic E-state index is 0.0865. The van der Waals surface area contributed by atoms with Gasteiger partial charge in [-0.05, 0) is 55.8 Å². The van der Waals surface area contributed by atoms with Crippen molar-refractivity contribution in [3.8, 4) is 5.69 Å². The lowest BCUT2D eigenvalue weighted by Crippen LogP contribution is -2.37. The largest absolute Gasteiger partial charge is 0.337 e. The highest BCUT2D eigenvalue weighted by molar-refractivity contribution is 7.89. The first kappa shape index (κ1) is 20.3. The van der Waals surface area contributed by atoms with Gasteiger partial charge in [-0.3, -0.25) is 4.79 Å². The van der Waals surface area contributed by atoms with Crippen LogP contribution in [0.1, 0.15) is 22.3 Å². The smallest absolute Gasteiger partial charge is 0.253 e. The Balaban J connectivity index is 1.45. The van der Waals surface area contributed by atoms with Crippen LogP contribution in [0, 0.1) is 6.92 Å². The summed E-state index contributed by atoms with van der Waals surface area (Å²) in [6.07, 6.45) is 4.14. The molecule has 156 valence electrons. The molecule has 30 heavy (non-hydrogen) atoms. The quantitative estimate of drug-likeness (QED) is 0.645. The molecule has 2 aromatic carbocycles. The summed E-state index contributed by atoms with van der Waals surface area (Å²) in [5.41, 5.74) is 2.48. The molecule has 0 N–H and O–H groups in total. The van der Waals surface area contributed by atoms with Crippen molar-refractivity contribution >= 4 is 15.9 Å². The lowest BCUT2D eigenvalue weighted by atomic mass is 10.1. The molecular formula is C22H24N4O3S. The van der Waals surface area contributed by atoms with E-state index in [-0.39, 0.29) is 12.5 Å². The summed E-state index contributed by atoms with van der Waals surface area (Å²) in [6, 6.07) is 16.0. The van der Waals surface area contributed by atoms with Crippen molar-refractivity contribution in [2.45, 2.75) is 18.2 Å². The summed E-state index contributed by atoms with van der Waals surface area (Å²) in [5.74, 6) is -0.0865. The van der Waals surface area contributed by atoms with Gasteiger partial charge in [0.05, 0.1) is 10.6 Å². The van der Waals surface area contributed by atoms with E-state index in [1.54, 1.807) is 52.2 Å². The van der Waals surface area contributed by atoms with E-state index in [1.165, 1.54) is 4.31 Å². The number of sulfonamides is 1. The maximum Gasteiger partial charge on any atom is 0.253 e. The number of hydrogen-bond donors (Lipinski definition) is 0. The van der Waals surface area contributed by atoms with Crippen LogP contribution in [-0.4, -0.2) is 59.5 Å². The van der Waals surface area contributed by atoms with Crippen molar-refractivity contribution < 1.29 is 13.2 Å². The Hall–Kier alpha value is -2.97. The summed E-state index contributed by atoms with van der Waals surface area (Å²) in [7, 11) is -3.56. The average Bonchev–Trinajstić information content (AvgIpc) is 3.17. The van der Waals surface area contributed by atoms with Crippen LogP contribution in [0.2, 0.25) is 0 Å². The number of aryl methyl sites for hydroxylation is 1. The van der Waals surface area contributed by atoms with E-state index in [1.807, 2.05) is 31.3 Å². The summed E-state index contributed by atoms with van der Waals surface area (Å²) < 4.78 is 29.1. The Morgan fingerprint density at radius 1 is 0.933 bits per heavy atom. The van der Waals surface area contributed by atoms with Crippen molar-refractivity contribution in [2.75, 3.05) is 26.2 Å². The second kappa shape index (κ2) is 8.41. The van der Waals surface area contributed by atoms with Crippen LogP contribution < -0.4 is 0 Å². The van der Waals surface area contributed by atoms with Crippen LogP contribution in [0.3, 0.4) is 0 Å². The summed E-state index contributed by atoms with van der Waals surface area (Å²) >= 11 is 0. The Kier molecular flexibility index (Phi) is 5.69. The molecule has 0 atom stereocenters. The molecule has 1 saturated heterocycles. The van der Waals surface area contributed by atoms with Gasteiger partial charge in [0, 0.05) is 44.1 Å². The van der Waals surface area contributed by atoms with Crippen LogP contribution in [-0.2, 0) is 10.0 Å². The molecule has 1 fully saturated rings. The highest BCUT2D eigenvalue weighted by Crippen LogP contribution is 2.19. The third kappa shape index (κ3) is 4.15. The lowest BCUT2D eigenvalue weighted by molar-refractivity contribution is 0.0764. The first-order chi connectivity index (χ1) is 14.4. The van der Waals surface area contributed by atoms with Crippen LogP contribution in [0.25, 0.3) is 5.69 Å². The van der Waals surface area contributed by atoms with E-state index >= 15 is 0 Å². The van der Waals surface area contributed by atoms with Gasteiger partial charge in [0.2, 0.25) is 10.0 Å². The van der Waals surface area contributed by atoms with Crippen molar-refractivity contribution in [3.05, 3.63) is 78.1 Å². The Morgan fingerprint density at radius 3 is 2.33 bits per heavy atom. The van der Waals surface area contributed by atoms with Gasteiger partial charge in [0.15, 0.2) is 0 Å². The second-order valence-corrected chi connectivity index (χ2v) is 9.30. The third-order valence-corrected chi connectivity index (χ3v) is 7.20. The normalized spacial score (nSPS) is 15.7. The number of nitrogens with zero attached hydrogens (tertiary/aromatic N) is 4. The minimum Gasteiger partial charge on any atom is -0.337 e. The maximum absolute atomic E-state index is 13.0. The fraction of sp³-hybridized carbons (Fsp3) is 0.273. The summed E-state index contributed by atoms with van der Waals surface area (Å²) in [5, 5.41) is 4.18. The van der Waals surface area contributed by atoms with E-state index in [4.69, 9.17) is 0 Å². The number of rotatable bonds is 4. The molecule has 0 aliphatic carbocycles. The molecule has 0 bridgehead atoms. The monoisotopic (exact) mass is 424 g/mol. The van der Waals surface area contributed by atoms with Gasteiger partial charge >= 0.3 is 0 Å². The molecule has 4 rings (SSSR count). The minimum atomic E-state index is -3.56. The average molecular weight is 425 g/mol. The topological polar surface area (TPSA) is 75.5 Å². The third-order valence-electron chi connectivity index (χ3n) is 5.28. The fourth-order valence-corrected chi connectivity index (χ4v) is 5.03. The zero-order valence-electron chi connectivity index (χ0n) is 16.8. The van der Waals surface area contributed by atoms with Gasteiger partial charge in [-0.25, -0.2) is 13.1 Å². The number of amides is 1. The molecule has 3 aromatic rings. The number of benzene rings is 2. The van der Waals surface area contributed by atoms with Crippen molar-refractivity contribution in [3.63, 3.8) is 0 Å².